The fourth-order valence-corrected chi connectivity index (χ4v) is 5.86. The molecule has 0 aliphatic rings. The number of rotatable bonds is 14. The highest BCUT2D eigenvalue weighted by Crippen LogP contribution is 2.21. The summed E-state index contributed by atoms with van der Waals surface area (Å²) < 4.78 is 74.7. The van der Waals surface area contributed by atoms with Gasteiger partial charge in [0.15, 0.2) is 11.6 Å². The summed E-state index contributed by atoms with van der Waals surface area (Å²) in [5, 5.41) is 1.81. The van der Waals surface area contributed by atoms with Gasteiger partial charge in [-0.1, -0.05) is 36.4 Å². The summed E-state index contributed by atoms with van der Waals surface area (Å²) >= 11 is 0. The number of hydrogen-bond acceptors (Lipinski definition) is 10. The van der Waals surface area contributed by atoms with Gasteiger partial charge in [-0.3, -0.25) is 33.0 Å². The van der Waals surface area contributed by atoms with Gasteiger partial charge in [0.05, 0.1) is 61.5 Å². The van der Waals surface area contributed by atoms with E-state index in [0.717, 1.165) is 12.5 Å². The van der Waals surface area contributed by atoms with Crippen molar-refractivity contribution in [1.82, 2.24) is 15.3 Å². The average molecular weight is 717 g/mol. The maximum absolute atomic E-state index is 12.1. The second-order valence-electron chi connectivity index (χ2n) is 10.4. The number of ketones is 2. The third-order valence-electron chi connectivity index (χ3n) is 6.60. The lowest BCUT2D eigenvalue weighted by molar-refractivity contribution is -0.131. The first-order valence-electron chi connectivity index (χ1n) is 14.4. The fraction of sp³-hybridized carbons (Fsp3) is 0.219. The maximum Gasteiger partial charge on any atom is 0.315 e. The molecule has 0 saturated heterocycles. The molecule has 17 heteroatoms. The van der Waals surface area contributed by atoms with Crippen molar-refractivity contribution in [3.05, 3.63) is 120 Å². The van der Waals surface area contributed by atoms with E-state index in [4.69, 9.17) is 5.73 Å². The summed E-state index contributed by atoms with van der Waals surface area (Å²) in [6.45, 7) is -0.608. The van der Waals surface area contributed by atoms with E-state index in [1.165, 1.54) is 33.1 Å². The van der Waals surface area contributed by atoms with E-state index in [-0.39, 0.29) is 31.0 Å². The molecule has 2 aromatic carbocycles. The minimum Gasteiger partial charge on any atom is -0.344 e. The first kappa shape index (κ1) is 38.3. The zero-order valence-electron chi connectivity index (χ0n) is 26.4. The van der Waals surface area contributed by atoms with Crippen molar-refractivity contribution in [3.8, 4) is 0 Å². The van der Waals surface area contributed by atoms with Crippen molar-refractivity contribution < 1.29 is 40.0 Å². The Labute approximate surface area is 282 Å². The first-order valence-corrected chi connectivity index (χ1v) is 18.1. The van der Waals surface area contributed by atoms with Crippen LogP contribution in [0, 0.1) is 0 Å². The van der Waals surface area contributed by atoms with Gasteiger partial charge in [-0.2, -0.15) is 8.78 Å². The van der Waals surface area contributed by atoms with Crippen LogP contribution in [0.15, 0.2) is 97.3 Å². The number of alkyl halides is 2. The Morgan fingerprint density at radius 2 is 1.10 bits per heavy atom. The minimum absolute atomic E-state index is 0.0422. The number of hydrogen-bond donors (Lipinski definition) is 2. The van der Waals surface area contributed by atoms with E-state index in [9.17, 15) is 40.0 Å². The second-order valence-corrected chi connectivity index (χ2v) is 14.2. The lowest BCUT2D eigenvalue weighted by Crippen LogP contribution is -2.34. The van der Waals surface area contributed by atoms with Gasteiger partial charge >= 0.3 is 6.43 Å². The van der Waals surface area contributed by atoms with Crippen molar-refractivity contribution >= 4 is 48.9 Å². The first-order chi connectivity index (χ1) is 23.1. The summed E-state index contributed by atoms with van der Waals surface area (Å²) in [6, 6.07) is 23.3. The van der Waals surface area contributed by atoms with Crippen LogP contribution in [-0.2, 0) is 37.9 Å². The maximum atomic E-state index is 12.1. The highest BCUT2D eigenvalue weighted by atomic mass is 32.2. The molecule has 0 spiro atoms. The molecule has 2 heterocycles. The highest BCUT2D eigenvalue weighted by Gasteiger charge is 2.20. The third-order valence-corrected chi connectivity index (χ3v) is 8.88. The van der Waals surface area contributed by atoms with Crippen LogP contribution in [0.25, 0.3) is 0 Å². The molecule has 3 N–H and O–H groups in total. The Hall–Kier alpha value is -5.13. The number of sulfonamides is 2. The number of nitrogens with zero attached hydrogens (tertiary/aromatic N) is 4. The summed E-state index contributed by atoms with van der Waals surface area (Å²) in [4.78, 5) is 42.3. The number of Topliss-reactive ketones (excluding diaryl/α,β-unsaturated/α-hetero) is 2. The fourth-order valence-electron chi connectivity index (χ4n) is 4.11. The lowest BCUT2D eigenvalue weighted by atomic mass is 10.1. The highest BCUT2D eigenvalue weighted by molar-refractivity contribution is 7.92. The van der Waals surface area contributed by atoms with Crippen LogP contribution >= 0.6 is 0 Å². The van der Waals surface area contributed by atoms with Crippen molar-refractivity contribution in [2.45, 2.75) is 19.5 Å². The molecule has 0 atom stereocenters. The minimum atomic E-state index is -3.56. The summed E-state index contributed by atoms with van der Waals surface area (Å²) in [5.74, 6) is -2.33. The molecule has 2 aromatic heterocycles. The zero-order chi connectivity index (χ0) is 36.2. The molecule has 13 nitrogen and oxygen atoms in total. The Kier molecular flexibility index (Phi) is 13.5. The van der Waals surface area contributed by atoms with Crippen LogP contribution in [0.4, 0.5) is 20.2 Å². The molecule has 260 valence electrons. The van der Waals surface area contributed by atoms with Crippen molar-refractivity contribution in [1.29, 1.82) is 0 Å². The van der Waals surface area contributed by atoms with E-state index in [1.54, 1.807) is 66.7 Å². The van der Waals surface area contributed by atoms with Crippen molar-refractivity contribution in [3.63, 3.8) is 0 Å². The molecule has 49 heavy (non-hydrogen) atoms. The molecule has 1 amide bonds. The van der Waals surface area contributed by atoms with Crippen LogP contribution in [0.5, 0.6) is 0 Å². The van der Waals surface area contributed by atoms with Gasteiger partial charge in [-0.15, -0.1) is 0 Å². The third kappa shape index (κ3) is 11.8. The standard InChI is InChI=1S/C17H17F2N3O4S.C15H17N3O3S/c1-27(25,26)22(14-5-3-2-4-6-14)11-13-8-7-12(9-20-13)15(23)10-21-17(24)16(18)19;1-22(20,21)18(14-5-3-2-4-6-14)11-13-8-7-12(10-17-13)15(19)9-16/h2-9,16H,10-11H2,1H3,(H,21,24);2-8,10H,9,11,16H2,1H3. The Morgan fingerprint density at radius 1 is 0.694 bits per heavy atom. The second kappa shape index (κ2) is 17.3. The van der Waals surface area contributed by atoms with Gasteiger partial charge in [0.1, 0.15) is 0 Å². The number of carbonyl (C=O) groups is 3. The largest absolute Gasteiger partial charge is 0.344 e. The monoisotopic (exact) mass is 716 g/mol. The van der Waals surface area contributed by atoms with E-state index >= 15 is 0 Å². The van der Waals surface area contributed by atoms with Crippen LogP contribution in [0.3, 0.4) is 0 Å². The van der Waals surface area contributed by atoms with Crippen molar-refractivity contribution in [2.75, 3.05) is 34.2 Å². The Balaban J connectivity index is 0.000000271. The smallest absolute Gasteiger partial charge is 0.315 e. The number of benzene rings is 2. The van der Waals surface area contributed by atoms with Crippen LogP contribution in [0.1, 0.15) is 32.1 Å². The number of nitrogens with one attached hydrogen (secondary N) is 1. The summed E-state index contributed by atoms with van der Waals surface area (Å²) in [6.07, 6.45) is 1.64. The molecule has 0 fully saturated rings. The number of pyridine rings is 2. The quantitative estimate of drug-likeness (QED) is 0.184. The number of anilines is 2. The Morgan fingerprint density at radius 3 is 1.43 bits per heavy atom. The number of halogens is 2. The van der Waals surface area contributed by atoms with Gasteiger partial charge in [0.25, 0.3) is 5.91 Å². The number of aromatic nitrogens is 2. The predicted molar refractivity (Wildman–Crippen MR) is 180 cm³/mol. The predicted octanol–water partition coefficient (Wildman–Crippen LogP) is 2.80. The average Bonchev–Trinajstić information content (AvgIpc) is 3.08. The van der Waals surface area contributed by atoms with Gasteiger partial charge < -0.3 is 11.1 Å². The molecular weight excluding hydrogens is 683 g/mol. The zero-order valence-corrected chi connectivity index (χ0v) is 28.1. The number of nitrogens with two attached hydrogens (primary N) is 1. The molecule has 4 rings (SSSR count). The lowest BCUT2D eigenvalue weighted by Gasteiger charge is -2.22. The SMILES string of the molecule is CS(=O)(=O)N(Cc1ccc(C(=O)CN)cn1)c1ccccc1.CS(=O)(=O)N(Cc1ccc(C(=O)CNC(=O)C(F)F)cn1)c1ccccc1. The molecule has 0 radical (unpaired) electrons. The summed E-state index contributed by atoms with van der Waals surface area (Å²) in [7, 11) is -7.00. The summed E-state index contributed by atoms with van der Waals surface area (Å²) in [5.41, 5.74) is 7.78. The van der Waals surface area contributed by atoms with E-state index < -0.39 is 44.7 Å². The number of para-hydroxylation sites is 2. The number of carbonyl (C=O) groups excluding carboxylic acids is 3. The van der Waals surface area contributed by atoms with E-state index in [1.807, 2.05) is 11.4 Å². The van der Waals surface area contributed by atoms with Gasteiger partial charge in [-0.05, 0) is 48.5 Å². The van der Waals surface area contributed by atoms with Gasteiger partial charge in [0.2, 0.25) is 20.0 Å². The van der Waals surface area contributed by atoms with E-state index in [0.29, 0.717) is 28.3 Å². The molecular formula is C32H34F2N6O7S2. The molecule has 0 unspecified atom stereocenters. The molecule has 0 bridgehead atoms. The molecule has 0 aliphatic heterocycles. The molecule has 4 aromatic rings. The van der Waals surface area contributed by atoms with Gasteiger partial charge in [-0.25, -0.2) is 16.8 Å². The van der Waals surface area contributed by atoms with Crippen LogP contribution in [-0.4, -0.2) is 76.3 Å². The van der Waals surface area contributed by atoms with Gasteiger partial charge in [0, 0.05) is 23.5 Å². The topological polar surface area (TPSA) is 190 Å². The normalized spacial score (nSPS) is 11.2. The Bertz CT molecular complexity index is 1930. The number of amides is 1. The van der Waals surface area contributed by atoms with E-state index in [2.05, 4.69) is 9.97 Å². The van der Waals surface area contributed by atoms with Crippen LogP contribution in [0.2, 0.25) is 0 Å². The molecule has 0 saturated carbocycles. The molecule has 0 aliphatic carbocycles. The van der Waals surface area contributed by atoms with Crippen LogP contribution < -0.4 is 19.7 Å². The van der Waals surface area contributed by atoms with Crippen molar-refractivity contribution in [2.24, 2.45) is 5.73 Å².